The third-order valence-electron chi connectivity index (χ3n) is 3.32. The SMILES string of the molecule is O=C(CCc1ccc(F)cc1)NCc1ccccc1CO. The predicted octanol–water partition coefficient (Wildman–Crippen LogP) is 2.57. The fourth-order valence-electron chi connectivity index (χ4n) is 2.08. The minimum absolute atomic E-state index is 0.0401. The van der Waals surface area contributed by atoms with Crippen molar-refractivity contribution in [3.05, 3.63) is 71.0 Å². The highest BCUT2D eigenvalue weighted by Gasteiger charge is 2.05. The molecule has 0 radical (unpaired) electrons. The highest BCUT2D eigenvalue weighted by molar-refractivity contribution is 5.76. The lowest BCUT2D eigenvalue weighted by atomic mass is 10.1. The molecule has 2 N–H and O–H groups in total. The third-order valence-corrected chi connectivity index (χ3v) is 3.32. The maximum atomic E-state index is 12.8. The summed E-state index contributed by atoms with van der Waals surface area (Å²) in [6, 6.07) is 13.6. The molecule has 0 unspecified atom stereocenters. The van der Waals surface area contributed by atoms with Crippen molar-refractivity contribution in [2.75, 3.05) is 0 Å². The molecule has 0 saturated carbocycles. The summed E-state index contributed by atoms with van der Waals surface area (Å²) < 4.78 is 12.8. The normalized spacial score (nSPS) is 10.4. The standard InChI is InChI=1S/C17H18FNO2/c18-16-8-5-13(6-9-16)7-10-17(21)19-11-14-3-1-2-4-15(14)12-20/h1-6,8-9,20H,7,10-12H2,(H,19,21). The summed E-state index contributed by atoms with van der Waals surface area (Å²) in [6.45, 7) is 0.362. The number of hydrogen-bond acceptors (Lipinski definition) is 2. The minimum atomic E-state index is -0.274. The van der Waals surface area contributed by atoms with Crippen LogP contribution in [0, 0.1) is 5.82 Å². The number of halogens is 1. The second kappa shape index (κ2) is 7.55. The van der Waals surface area contributed by atoms with E-state index in [0.717, 1.165) is 16.7 Å². The van der Waals surface area contributed by atoms with Gasteiger partial charge in [-0.05, 0) is 35.2 Å². The highest BCUT2D eigenvalue weighted by Crippen LogP contribution is 2.09. The first-order valence-corrected chi connectivity index (χ1v) is 6.88. The number of carbonyl (C=O) groups excluding carboxylic acids is 1. The van der Waals surface area contributed by atoms with E-state index in [2.05, 4.69) is 5.32 Å². The number of nitrogens with one attached hydrogen (secondary N) is 1. The smallest absolute Gasteiger partial charge is 0.220 e. The molecule has 0 atom stereocenters. The van der Waals surface area contributed by atoms with Crippen LogP contribution in [0.4, 0.5) is 4.39 Å². The minimum Gasteiger partial charge on any atom is -0.392 e. The first-order chi connectivity index (χ1) is 10.2. The van der Waals surface area contributed by atoms with Crippen molar-refractivity contribution < 1.29 is 14.3 Å². The van der Waals surface area contributed by atoms with Gasteiger partial charge in [0.2, 0.25) is 5.91 Å². The van der Waals surface area contributed by atoms with Gasteiger partial charge in [-0.1, -0.05) is 36.4 Å². The van der Waals surface area contributed by atoms with Crippen molar-refractivity contribution in [1.82, 2.24) is 5.32 Å². The zero-order valence-electron chi connectivity index (χ0n) is 11.7. The quantitative estimate of drug-likeness (QED) is 0.858. The van der Waals surface area contributed by atoms with E-state index >= 15 is 0 Å². The van der Waals surface area contributed by atoms with E-state index in [1.165, 1.54) is 12.1 Å². The average molecular weight is 287 g/mol. The van der Waals surface area contributed by atoms with E-state index in [1.54, 1.807) is 12.1 Å². The lowest BCUT2D eigenvalue weighted by Gasteiger charge is -2.09. The van der Waals surface area contributed by atoms with Crippen molar-refractivity contribution >= 4 is 5.91 Å². The van der Waals surface area contributed by atoms with Crippen LogP contribution >= 0.6 is 0 Å². The monoisotopic (exact) mass is 287 g/mol. The van der Waals surface area contributed by atoms with Gasteiger partial charge >= 0.3 is 0 Å². The molecule has 0 aromatic heterocycles. The molecule has 0 aliphatic heterocycles. The zero-order valence-corrected chi connectivity index (χ0v) is 11.7. The summed E-state index contributed by atoms with van der Waals surface area (Å²) in [5.74, 6) is -0.337. The second-order valence-electron chi connectivity index (χ2n) is 4.83. The van der Waals surface area contributed by atoms with Crippen LogP contribution in [0.25, 0.3) is 0 Å². The molecule has 2 rings (SSSR count). The maximum absolute atomic E-state index is 12.8. The van der Waals surface area contributed by atoms with Gasteiger partial charge in [-0.15, -0.1) is 0 Å². The molecule has 0 saturated heterocycles. The molecular formula is C17H18FNO2. The number of amides is 1. The van der Waals surface area contributed by atoms with Crippen LogP contribution < -0.4 is 5.32 Å². The first-order valence-electron chi connectivity index (χ1n) is 6.88. The first kappa shape index (κ1) is 15.2. The Labute approximate surface area is 123 Å². The molecular weight excluding hydrogens is 269 g/mol. The molecule has 2 aromatic carbocycles. The van der Waals surface area contributed by atoms with Gasteiger partial charge in [-0.2, -0.15) is 0 Å². The molecule has 2 aromatic rings. The number of benzene rings is 2. The summed E-state index contributed by atoms with van der Waals surface area (Å²) in [7, 11) is 0. The topological polar surface area (TPSA) is 49.3 Å². The van der Waals surface area contributed by atoms with E-state index in [1.807, 2.05) is 24.3 Å². The van der Waals surface area contributed by atoms with Gasteiger partial charge in [0.15, 0.2) is 0 Å². The van der Waals surface area contributed by atoms with Crippen LogP contribution in [-0.4, -0.2) is 11.0 Å². The van der Waals surface area contributed by atoms with Crippen molar-refractivity contribution in [3.8, 4) is 0 Å². The Hall–Kier alpha value is -2.20. The van der Waals surface area contributed by atoms with Crippen molar-refractivity contribution in [3.63, 3.8) is 0 Å². The molecule has 4 heteroatoms. The van der Waals surface area contributed by atoms with Gasteiger partial charge < -0.3 is 10.4 Å². The molecule has 0 heterocycles. The molecule has 0 fully saturated rings. The van der Waals surface area contributed by atoms with E-state index in [0.29, 0.717) is 19.4 Å². The van der Waals surface area contributed by atoms with Gasteiger partial charge in [-0.25, -0.2) is 4.39 Å². The Bertz CT molecular complexity index is 596. The number of aliphatic hydroxyl groups is 1. The van der Waals surface area contributed by atoms with Crippen LogP contribution in [0.1, 0.15) is 23.1 Å². The van der Waals surface area contributed by atoms with Gasteiger partial charge in [-0.3, -0.25) is 4.79 Å². The molecule has 0 spiro atoms. The number of rotatable bonds is 6. The summed E-state index contributed by atoms with van der Waals surface area (Å²) >= 11 is 0. The molecule has 1 amide bonds. The van der Waals surface area contributed by atoms with Crippen LogP contribution in [0.15, 0.2) is 48.5 Å². The van der Waals surface area contributed by atoms with Crippen LogP contribution in [0.2, 0.25) is 0 Å². The summed E-state index contributed by atoms with van der Waals surface area (Å²) in [5, 5.41) is 12.0. The number of carbonyl (C=O) groups is 1. The molecule has 21 heavy (non-hydrogen) atoms. The number of hydrogen-bond donors (Lipinski definition) is 2. The third kappa shape index (κ3) is 4.68. The van der Waals surface area contributed by atoms with Crippen molar-refractivity contribution in [1.29, 1.82) is 0 Å². The van der Waals surface area contributed by atoms with E-state index < -0.39 is 0 Å². The fraction of sp³-hybridized carbons (Fsp3) is 0.235. The van der Waals surface area contributed by atoms with Crippen LogP contribution in [0.3, 0.4) is 0 Å². The molecule has 110 valence electrons. The molecule has 0 bridgehead atoms. The van der Waals surface area contributed by atoms with Gasteiger partial charge in [0.1, 0.15) is 5.82 Å². The largest absolute Gasteiger partial charge is 0.392 e. The zero-order chi connectivity index (χ0) is 15.1. The Morgan fingerprint density at radius 3 is 2.38 bits per heavy atom. The van der Waals surface area contributed by atoms with E-state index in [9.17, 15) is 14.3 Å². The number of aryl methyl sites for hydroxylation is 1. The lowest BCUT2D eigenvalue weighted by Crippen LogP contribution is -2.23. The van der Waals surface area contributed by atoms with E-state index in [-0.39, 0.29) is 18.3 Å². The Morgan fingerprint density at radius 1 is 1.05 bits per heavy atom. The Balaban J connectivity index is 1.81. The lowest BCUT2D eigenvalue weighted by molar-refractivity contribution is -0.121. The second-order valence-corrected chi connectivity index (χ2v) is 4.83. The van der Waals surface area contributed by atoms with Gasteiger partial charge in [0.05, 0.1) is 6.61 Å². The van der Waals surface area contributed by atoms with Crippen molar-refractivity contribution in [2.45, 2.75) is 26.0 Å². The molecule has 0 aliphatic carbocycles. The van der Waals surface area contributed by atoms with Crippen LogP contribution in [-0.2, 0) is 24.4 Å². The average Bonchev–Trinajstić information content (AvgIpc) is 2.52. The fourth-order valence-corrected chi connectivity index (χ4v) is 2.08. The van der Waals surface area contributed by atoms with Gasteiger partial charge in [0, 0.05) is 13.0 Å². The highest BCUT2D eigenvalue weighted by atomic mass is 19.1. The molecule has 0 aliphatic rings. The summed E-state index contributed by atoms with van der Waals surface area (Å²) in [5.41, 5.74) is 2.66. The van der Waals surface area contributed by atoms with Crippen molar-refractivity contribution in [2.24, 2.45) is 0 Å². The Morgan fingerprint density at radius 2 is 1.71 bits per heavy atom. The molecule has 3 nitrogen and oxygen atoms in total. The predicted molar refractivity (Wildman–Crippen MR) is 78.9 cm³/mol. The number of aliphatic hydroxyl groups excluding tert-OH is 1. The summed E-state index contributed by atoms with van der Waals surface area (Å²) in [4.78, 5) is 11.8. The Kier molecular flexibility index (Phi) is 5.46. The summed E-state index contributed by atoms with van der Waals surface area (Å²) in [6.07, 6.45) is 0.931. The van der Waals surface area contributed by atoms with Gasteiger partial charge in [0.25, 0.3) is 0 Å². The maximum Gasteiger partial charge on any atom is 0.220 e. The van der Waals surface area contributed by atoms with E-state index in [4.69, 9.17) is 0 Å². The van der Waals surface area contributed by atoms with Crippen LogP contribution in [0.5, 0.6) is 0 Å².